The predicted octanol–water partition coefficient (Wildman–Crippen LogP) is 19.1. The number of fused-ring (bicyclic) bond motifs is 4. The molecule has 6 heteroatoms. The van der Waals surface area contributed by atoms with Crippen LogP contribution in [0.4, 0.5) is 22.7 Å². The van der Waals surface area contributed by atoms with E-state index in [1.165, 1.54) is 44.5 Å². The van der Waals surface area contributed by atoms with E-state index in [1.54, 1.807) is 0 Å². The number of aromatic nitrogens is 2. The molecule has 0 aliphatic carbocycles. The van der Waals surface area contributed by atoms with E-state index in [1.807, 2.05) is 6.20 Å². The van der Waals surface area contributed by atoms with Gasteiger partial charge in [-0.1, -0.05) is 188 Å². The second-order valence-electron chi connectivity index (χ2n) is 24.7. The van der Waals surface area contributed by atoms with Gasteiger partial charge in [0.1, 0.15) is 5.82 Å². The van der Waals surface area contributed by atoms with Crippen molar-refractivity contribution in [1.29, 1.82) is 0 Å². The zero-order valence-electron chi connectivity index (χ0n) is 46.7. The molecule has 0 saturated carbocycles. The first kappa shape index (κ1) is 53.4. The van der Waals surface area contributed by atoms with Gasteiger partial charge in [0, 0.05) is 66.8 Å². The molecule has 0 saturated heterocycles. The van der Waals surface area contributed by atoms with Gasteiger partial charge < -0.3 is 19.1 Å². The van der Waals surface area contributed by atoms with Crippen molar-refractivity contribution in [3.05, 3.63) is 210 Å². The maximum absolute atomic E-state index is 7.18. The summed E-state index contributed by atoms with van der Waals surface area (Å²) in [6, 6.07) is 61.1. The fourth-order valence-corrected chi connectivity index (χ4v) is 10.6. The molecular formula is C69H73N4OPt-3. The first-order valence-electron chi connectivity index (χ1n) is 26.6. The molecule has 0 radical (unpaired) electrons. The van der Waals surface area contributed by atoms with E-state index in [9.17, 15) is 0 Å². The van der Waals surface area contributed by atoms with Gasteiger partial charge in [-0.25, -0.2) is 4.98 Å². The van der Waals surface area contributed by atoms with Crippen LogP contribution in [0.15, 0.2) is 152 Å². The number of ether oxygens (including phenoxy) is 1. The first-order valence-corrected chi connectivity index (χ1v) is 26.6. The zero-order valence-corrected chi connectivity index (χ0v) is 49.0. The van der Waals surface area contributed by atoms with Crippen molar-refractivity contribution in [2.45, 2.75) is 137 Å². The summed E-state index contributed by atoms with van der Waals surface area (Å²) in [5, 5.41) is 2.23. The number of benzene rings is 7. The average molecular weight is 1170 g/mol. The van der Waals surface area contributed by atoms with Crippen molar-refractivity contribution in [3.63, 3.8) is 0 Å². The molecule has 0 bridgehead atoms. The van der Waals surface area contributed by atoms with Crippen LogP contribution in [0.3, 0.4) is 0 Å². The van der Waals surface area contributed by atoms with Gasteiger partial charge in [-0.2, -0.15) is 6.07 Å². The minimum absolute atomic E-state index is 0. The third-order valence-corrected chi connectivity index (χ3v) is 15.3. The summed E-state index contributed by atoms with van der Waals surface area (Å²) >= 11 is 0. The molecule has 1 aliphatic heterocycles. The SMILES string of the molecule is CC(C)c1cccc(C(C)C)c1-c1cc(Oc2[c-]c3c(cc2)c2cc(C(C)(C)c4ccccc4)ccc2n3-c2cc(C(C)(C)C)ccn2)[c-]c(N2[CH-]N(c3cccc(C(C)(C)C)c3)c3ccc(C(C)(C)C)cc32)c1.[Pt]. The Labute approximate surface area is 462 Å². The van der Waals surface area contributed by atoms with Gasteiger partial charge in [-0.3, -0.25) is 0 Å². The number of anilines is 4. The summed E-state index contributed by atoms with van der Waals surface area (Å²) in [6.07, 6.45) is 1.93. The minimum atomic E-state index is -0.224. The fraction of sp³-hybridized carbons (Fsp3) is 0.304. The molecule has 3 heterocycles. The van der Waals surface area contributed by atoms with Crippen LogP contribution in [0.2, 0.25) is 0 Å². The quantitative estimate of drug-likeness (QED) is 0.128. The number of hydrogen-bond acceptors (Lipinski definition) is 4. The summed E-state index contributed by atoms with van der Waals surface area (Å²) in [6.45, 7) is 36.4. The van der Waals surface area contributed by atoms with E-state index in [-0.39, 0.29) is 42.7 Å². The number of pyridine rings is 1. The van der Waals surface area contributed by atoms with Gasteiger partial charge in [0.05, 0.1) is 0 Å². The molecule has 9 aromatic rings. The molecule has 388 valence electrons. The van der Waals surface area contributed by atoms with Crippen molar-refractivity contribution < 1.29 is 25.8 Å². The van der Waals surface area contributed by atoms with Gasteiger partial charge in [-0.15, -0.1) is 53.6 Å². The van der Waals surface area contributed by atoms with Crippen LogP contribution in [0.5, 0.6) is 11.5 Å². The smallest absolute Gasteiger partial charge is 0.135 e. The normalized spacial score (nSPS) is 13.3. The summed E-state index contributed by atoms with van der Waals surface area (Å²) < 4.78 is 9.44. The molecule has 5 nitrogen and oxygen atoms in total. The Morgan fingerprint density at radius 3 is 1.80 bits per heavy atom. The predicted molar refractivity (Wildman–Crippen MR) is 313 cm³/mol. The largest absolute Gasteiger partial charge is 0.509 e. The molecule has 0 spiro atoms. The molecule has 2 aromatic heterocycles. The Hall–Kier alpha value is -6.42. The maximum atomic E-state index is 7.18. The monoisotopic (exact) mass is 1170 g/mol. The Morgan fingerprint density at radius 2 is 1.13 bits per heavy atom. The third-order valence-electron chi connectivity index (χ3n) is 15.3. The summed E-state index contributed by atoms with van der Waals surface area (Å²) in [7, 11) is 0. The van der Waals surface area contributed by atoms with E-state index >= 15 is 0 Å². The van der Waals surface area contributed by atoms with Crippen molar-refractivity contribution in [3.8, 4) is 28.4 Å². The van der Waals surface area contributed by atoms with Crippen LogP contribution in [-0.4, -0.2) is 9.55 Å². The van der Waals surface area contributed by atoms with Crippen LogP contribution in [0.1, 0.15) is 155 Å². The van der Waals surface area contributed by atoms with Crippen molar-refractivity contribution in [2.75, 3.05) is 9.80 Å². The Balaban J connectivity index is 0.00000689. The topological polar surface area (TPSA) is 33.5 Å². The molecule has 0 amide bonds. The standard InChI is InChI=1S/C69H73N4O.Pt/c1-44(2)56-25-20-26-57(45(3)4)65(56)46-35-53(72-43-71(52-24-19-23-48(37-52)66(5,6)7)61-32-27-49(39-63(61)72)67(8,9)10)41-55(36-46)74-54-29-30-58-59-38-51(69(14,15)47-21-17-16-18-22-47)28-31-60(59)73(62(58)42-54)64-40-50(33-34-70-64)68(11,12)13;/h16-40,43-45H,1-15H3;/q-3;. The summed E-state index contributed by atoms with van der Waals surface area (Å²) in [5.41, 5.74) is 17.0. The van der Waals surface area contributed by atoms with Crippen LogP contribution in [0, 0.1) is 18.8 Å². The van der Waals surface area contributed by atoms with E-state index < -0.39 is 0 Å². The molecule has 10 rings (SSSR count). The molecule has 0 unspecified atom stereocenters. The fourth-order valence-electron chi connectivity index (χ4n) is 10.6. The molecule has 0 fully saturated rings. The average Bonchev–Trinajstić information content (AvgIpc) is 3.93. The second-order valence-corrected chi connectivity index (χ2v) is 24.7. The van der Waals surface area contributed by atoms with Crippen LogP contribution in [0.25, 0.3) is 38.8 Å². The van der Waals surface area contributed by atoms with E-state index in [4.69, 9.17) is 9.72 Å². The van der Waals surface area contributed by atoms with Crippen molar-refractivity contribution in [1.82, 2.24) is 9.55 Å². The van der Waals surface area contributed by atoms with Crippen LogP contribution < -0.4 is 14.5 Å². The van der Waals surface area contributed by atoms with Crippen LogP contribution >= 0.6 is 0 Å². The number of nitrogens with zero attached hydrogens (tertiary/aromatic N) is 4. The molecule has 0 atom stereocenters. The molecular weight excluding hydrogens is 1100 g/mol. The van der Waals surface area contributed by atoms with Crippen LogP contribution in [-0.2, 0) is 42.7 Å². The number of rotatable bonds is 10. The van der Waals surface area contributed by atoms with Gasteiger partial charge in [-0.05, 0) is 120 Å². The first-order chi connectivity index (χ1) is 35.0. The molecule has 75 heavy (non-hydrogen) atoms. The van der Waals surface area contributed by atoms with E-state index in [2.05, 4.69) is 283 Å². The van der Waals surface area contributed by atoms with Gasteiger partial charge in [0.2, 0.25) is 0 Å². The van der Waals surface area contributed by atoms with E-state index in [0.29, 0.717) is 23.3 Å². The summed E-state index contributed by atoms with van der Waals surface area (Å²) in [5.74, 6) is 2.64. The van der Waals surface area contributed by atoms with Crippen molar-refractivity contribution >= 4 is 44.6 Å². The maximum Gasteiger partial charge on any atom is 0.135 e. The second kappa shape index (κ2) is 19.9. The molecule has 1 aliphatic rings. The Morgan fingerprint density at radius 1 is 0.507 bits per heavy atom. The molecule has 0 N–H and O–H groups in total. The minimum Gasteiger partial charge on any atom is -0.509 e. The molecule has 7 aromatic carbocycles. The van der Waals surface area contributed by atoms with E-state index in [0.717, 1.165) is 55.9 Å². The van der Waals surface area contributed by atoms with Gasteiger partial charge >= 0.3 is 0 Å². The third kappa shape index (κ3) is 10.2. The van der Waals surface area contributed by atoms with Crippen molar-refractivity contribution in [2.24, 2.45) is 0 Å². The van der Waals surface area contributed by atoms with Gasteiger partial charge in [0.25, 0.3) is 0 Å². The summed E-state index contributed by atoms with van der Waals surface area (Å²) in [4.78, 5) is 9.68. The number of hydrogen-bond donors (Lipinski definition) is 0. The Bertz CT molecular complexity index is 3540. The zero-order chi connectivity index (χ0) is 52.6. The Kier molecular flexibility index (Phi) is 14.2. The van der Waals surface area contributed by atoms with Gasteiger partial charge in [0.15, 0.2) is 0 Å².